The smallest absolute Gasteiger partial charge is 0.132 e. The van der Waals surface area contributed by atoms with Gasteiger partial charge in [-0.2, -0.15) is 0 Å². The molecular formula is C12H14BrF2N. The third-order valence-electron chi connectivity index (χ3n) is 3.00. The summed E-state index contributed by atoms with van der Waals surface area (Å²) in [5, 5.41) is 0. The Labute approximate surface area is 102 Å². The van der Waals surface area contributed by atoms with Gasteiger partial charge < -0.3 is 5.73 Å². The van der Waals surface area contributed by atoms with Crippen molar-refractivity contribution in [2.45, 2.75) is 31.7 Å². The van der Waals surface area contributed by atoms with Crippen LogP contribution in [0.5, 0.6) is 0 Å². The van der Waals surface area contributed by atoms with Crippen molar-refractivity contribution in [3.63, 3.8) is 0 Å². The standard InChI is InChI=1S/C12H14BrF2N/c13-8-5-9(14)12(10(15)6-8)11(16)4-3-7-1-2-7/h5-7,11H,1-4,16H2. The monoisotopic (exact) mass is 289 g/mol. The predicted molar refractivity (Wildman–Crippen MR) is 62.9 cm³/mol. The lowest BCUT2D eigenvalue weighted by molar-refractivity contribution is 0.494. The van der Waals surface area contributed by atoms with E-state index in [9.17, 15) is 8.78 Å². The van der Waals surface area contributed by atoms with Crippen LogP contribution in [0.1, 0.15) is 37.3 Å². The van der Waals surface area contributed by atoms with E-state index in [1.807, 2.05) is 0 Å². The van der Waals surface area contributed by atoms with Gasteiger partial charge in [-0.3, -0.25) is 0 Å². The van der Waals surface area contributed by atoms with Crippen molar-refractivity contribution >= 4 is 15.9 Å². The highest BCUT2D eigenvalue weighted by atomic mass is 79.9. The number of hydrogen-bond acceptors (Lipinski definition) is 1. The molecule has 1 nitrogen and oxygen atoms in total. The van der Waals surface area contributed by atoms with Gasteiger partial charge in [-0.15, -0.1) is 0 Å². The largest absolute Gasteiger partial charge is 0.324 e. The number of rotatable bonds is 4. The van der Waals surface area contributed by atoms with E-state index in [4.69, 9.17) is 5.73 Å². The molecule has 0 aliphatic heterocycles. The van der Waals surface area contributed by atoms with Gasteiger partial charge in [-0.05, 0) is 30.9 Å². The molecule has 1 unspecified atom stereocenters. The summed E-state index contributed by atoms with van der Waals surface area (Å²) in [6.07, 6.45) is 4.09. The molecule has 1 aromatic carbocycles. The van der Waals surface area contributed by atoms with E-state index in [1.54, 1.807) is 0 Å². The van der Waals surface area contributed by atoms with Crippen molar-refractivity contribution in [2.24, 2.45) is 11.7 Å². The van der Waals surface area contributed by atoms with Crippen LogP contribution in [0.25, 0.3) is 0 Å². The third kappa shape index (κ3) is 2.80. The van der Waals surface area contributed by atoms with Crippen molar-refractivity contribution in [1.82, 2.24) is 0 Å². The first-order valence-corrected chi connectivity index (χ1v) is 6.27. The van der Waals surface area contributed by atoms with Crippen LogP contribution in [-0.4, -0.2) is 0 Å². The summed E-state index contributed by atoms with van der Waals surface area (Å²) < 4.78 is 27.5. The van der Waals surface area contributed by atoms with Crippen LogP contribution in [0, 0.1) is 17.6 Å². The quantitative estimate of drug-likeness (QED) is 0.893. The molecule has 16 heavy (non-hydrogen) atoms. The van der Waals surface area contributed by atoms with Gasteiger partial charge >= 0.3 is 0 Å². The SMILES string of the molecule is NC(CCC1CC1)c1c(F)cc(Br)cc1F. The topological polar surface area (TPSA) is 26.0 Å². The van der Waals surface area contributed by atoms with Crippen LogP contribution >= 0.6 is 15.9 Å². The number of nitrogens with two attached hydrogens (primary N) is 1. The lowest BCUT2D eigenvalue weighted by Crippen LogP contribution is -2.14. The Hall–Kier alpha value is -0.480. The fourth-order valence-electron chi connectivity index (χ4n) is 1.87. The Morgan fingerprint density at radius 3 is 2.38 bits per heavy atom. The highest BCUT2D eigenvalue weighted by Gasteiger charge is 2.24. The predicted octanol–water partition coefficient (Wildman–Crippen LogP) is 3.92. The maximum Gasteiger partial charge on any atom is 0.132 e. The zero-order chi connectivity index (χ0) is 11.7. The molecular weight excluding hydrogens is 276 g/mol. The van der Waals surface area contributed by atoms with Gasteiger partial charge in [0.2, 0.25) is 0 Å². The summed E-state index contributed by atoms with van der Waals surface area (Å²) in [4.78, 5) is 0. The van der Waals surface area contributed by atoms with Crippen molar-refractivity contribution < 1.29 is 8.78 Å². The van der Waals surface area contributed by atoms with Crippen molar-refractivity contribution in [3.8, 4) is 0 Å². The highest BCUT2D eigenvalue weighted by molar-refractivity contribution is 9.10. The Bertz CT molecular complexity index is 368. The average molecular weight is 290 g/mol. The molecule has 4 heteroatoms. The van der Waals surface area contributed by atoms with Crippen molar-refractivity contribution in [1.29, 1.82) is 0 Å². The van der Waals surface area contributed by atoms with Gasteiger partial charge in [0.1, 0.15) is 11.6 Å². The molecule has 88 valence electrons. The summed E-state index contributed by atoms with van der Waals surface area (Å²) >= 11 is 3.05. The maximum absolute atomic E-state index is 13.6. The number of halogens is 3. The lowest BCUT2D eigenvalue weighted by atomic mass is 10.0. The lowest BCUT2D eigenvalue weighted by Gasteiger charge is -2.14. The molecule has 0 bridgehead atoms. The first-order valence-electron chi connectivity index (χ1n) is 5.48. The summed E-state index contributed by atoms with van der Waals surface area (Å²) in [6, 6.07) is 1.99. The van der Waals surface area contributed by atoms with E-state index in [0.717, 1.165) is 12.3 Å². The molecule has 0 amide bonds. The molecule has 1 aromatic rings. The summed E-state index contributed by atoms with van der Waals surface area (Å²) in [7, 11) is 0. The van der Waals surface area contributed by atoms with E-state index >= 15 is 0 Å². The fraction of sp³-hybridized carbons (Fsp3) is 0.500. The molecule has 1 aliphatic carbocycles. The summed E-state index contributed by atoms with van der Waals surface area (Å²) in [5.41, 5.74) is 5.84. The van der Waals surface area contributed by atoms with E-state index in [1.165, 1.54) is 25.0 Å². The molecule has 1 aliphatic rings. The molecule has 0 spiro atoms. The molecule has 2 rings (SSSR count). The Morgan fingerprint density at radius 1 is 1.31 bits per heavy atom. The minimum Gasteiger partial charge on any atom is -0.324 e. The van der Waals surface area contributed by atoms with Crippen LogP contribution in [0.3, 0.4) is 0 Å². The maximum atomic E-state index is 13.6. The summed E-state index contributed by atoms with van der Waals surface area (Å²) in [6.45, 7) is 0. The molecule has 1 fully saturated rings. The van der Waals surface area contributed by atoms with Gasteiger partial charge in [0, 0.05) is 16.1 Å². The zero-order valence-electron chi connectivity index (χ0n) is 8.85. The second-order valence-electron chi connectivity index (χ2n) is 4.41. The minimum absolute atomic E-state index is 0.0175. The normalized spacial score (nSPS) is 17.5. The fourth-order valence-corrected chi connectivity index (χ4v) is 2.28. The van der Waals surface area contributed by atoms with Crippen LogP contribution in [-0.2, 0) is 0 Å². The molecule has 0 radical (unpaired) electrons. The molecule has 1 saturated carbocycles. The van der Waals surface area contributed by atoms with Gasteiger partial charge in [0.15, 0.2) is 0 Å². The van der Waals surface area contributed by atoms with Crippen LogP contribution in [0.2, 0.25) is 0 Å². The van der Waals surface area contributed by atoms with Crippen molar-refractivity contribution in [3.05, 3.63) is 33.8 Å². The van der Waals surface area contributed by atoms with E-state index in [-0.39, 0.29) is 5.56 Å². The van der Waals surface area contributed by atoms with Crippen LogP contribution < -0.4 is 5.73 Å². The summed E-state index contributed by atoms with van der Waals surface area (Å²) in [5.74, 6) is -0.391. The van der Waals surface area contributed by atoms with Crippen molar-refractivity contribution in [2.75, 3.05) is 0 Å². The van der Waals surface area contributed by atoms with Crippen LogP contribution in [0.15, 0.2) is 16.6 Å². The third-order valence-corrected chi connectivity index (χ3v) is 3.46. The van der Waals surface area contributed by atoms with Gasteiger partial charge in [0.25, 0.3) is 0 Å². The number of benzene rings is 1. The molecule has 0 heterocycles. The van der Waals surface area contributed by atoms with Gasteiger partial charge in [-0.25, -0.2) is 8.78 Å². The minimum atomic E-state index is -0.560. The molecule has 0 saturated heterocycles. The first kappa shape index (κ1) is 12.0. The second kappa shape index (κ2) is 4.80. The molecule has 0 aromatic heterocycles. The number of hydrogen-bond donors (Lipinski definition) is 1. The van der Waals surface area contributed by atoms with E-state index in [0.29, 0.717) is 10.9 Å². The van der Waals surface area contributed by atoms with Crippen LogP contribution in [0.4, 0.5) is 8.78 Å². The highest BCUT2D eigenvalue weighted by Crippen LogP contribution is 2.36. The zero-order valence-corrected chi connectivity index (χ0v) is 10.4. The first-order chi connectivity index (χ1) is 7.58. The molecule has 1 atom stereocenters. The molecule has 2 N–H and O–H groups in total. The van der Waals surface area contributed by atoms with E-state index < -0.39 is 17.7 Å². The van der Waals surface area contributed by atoms with Gasteiger partial charge in [-0.1, -0.05) is 28.8 Å². The van der Waals surface area contributed by atoms with E-state index in [2.05, 4.69) is 15.9 Å². The Balaban J connectivity index is 2.11. The second-order valence-corrected chi connectivity index (χ2v) is 5.33. The average Bonchev–Trinajstić information content (AvgIpc) is 2.96. The Kier molecular flexibility index (Phi) is 3.60. The van der Waals surface area contributed by atoms with Gasteiger partial charge in [0.05, 0.1) is 0 Å². The Morgan fingerprint density at radius 2 is 1.88 bits per heavy atom.